The highest BCUT2D eigenvalue weighted by molar-refractivity contribution is 7.99. The van der Waals surface area contributed by atoms with Crippen molar-refractivity contribution in [2.75, 3.05) is 18.2 Å². The van der Waals surface area contributed by atoms with Gasteiger partial charge in [-0.2, -0.15) is 0 Å². The number of benzene rings is 2. The largest absolute Gasteiger partial charge is 0.497 e. The molecule has 0 aliphatic heterocycles. The number of thioether (sulfide) groups is 1. The van der Waals surface area contributed by atoms with Gasteiger partial charge in [-0.1, -0.05) is 54.6 Å². The van der Waals surface area contributed by atoms with E-state index in [1.807, 2.05) is 49.4 Å². The van der Waals surface area contributed by atoms with Crippen LogP contribution in [-0.4, -0.2) is 32.4 Å². The molecule has 9 heteroatoms. The fraction of sp³-hybridized carbons (Fsp3) is 0.292. The number of nitrogens with one attached hydrogen (secondary N) is 2. The molecule has 2 N–H and O–H groups in total. The summed E-state index contributed by atoms with van der Waals surface area (Å²) >= 11 is 7.75. The summed E-state index contributed by atoms with van der Waals surface area (Å²) in [4.78, 5) is 25.2. The number of hydrogen-bond acceptors (Lipinski definition) is 6. The van der Waals surface area contributed by atoms with Gasteiger partial charge < -0.3 is 15.0 Å². The Morgan fingerprint density at radius 2 is 1.91 bits per heavy atom. The number of anilines is 1. The first-order valence-electron chi connectivity index (χ1n) is 10.7. The van der Waals surface area contributed by atoms with Gasteiger partial charge >= 0.3 is 5.69 Å². The monoisotopic (exact) mass is 483 g/mol. The number of fused-ring (bicyclic) bond motifs is 1. The smallest absolute Gasteiger partial charge is 0.328 e. The van der Waals surface area contributed by atoms with E-state index in [0.717, 1.165) is 34.6 Å². The second-order valence-electron chi connectivity index (χ2n) is 7.70. The SMILES string of the molecule is CCCSc1nc(NCc2ccc(OC)cc2)c2[nH]c(=O)n(Cc3ccc(Cl)c(C)c3)c2n1. The first-order valence-corrected chi connectivity index (χ1v) is 12.1. The molecule has 0 amide bonds. The number of aryl methyl sites for hydroxylation is 1. The Balaban J connectivity index is 1.69. The fourth-order valence-corrected chi connectivity index (χ4v) is 4.27. The Morgan fingerprint density at radius 3 is 2.61 bits per heavy atom. The molecule has 0 aliphatic rings. The number of hydrogen-bond donors (Lipinski definition) is 2. The van der Waals surface area contributed by atoms with E-state index in [0.29, 0.717) is 40.3 Å². The highest BCUT2D eigenvalue weighted by Gasteiger charge is 2.16. The van der Waals surface area contributed by atoms with Crippen LogP contribution in [0, 0.1) is 6.92 Å². The lowest BCUT2D eigenvalue weighted by Gasteiger charge is -2.10. The van der Waals surface area contributed by atoms with E-state index in [1.165, 1.54) is 0 Å². The van der Waals surface area contributed by atoms with Crippen LogP contribution < -0.4 is 15.7 Å². The van der Waals surface area contributed by atoms with Crippen molar-refractivity contribution in [3.8, 4) is 5.75 Å². The Morgan fingerprint density at radius 1 is 1.15 bits per heavy atom. The lowest BCUT2D eigenvalue weighted by molar-refractivity contribution is 0.414. The zero-order valence-corrected chi connectivity index (χ0v) is 20.4. The number of methoxy groups -OCH3 is 1. The summed E-state index contributed by atoms with van der Waals surface area (Å²) in [6.07, 6.45) is 1.00. The average molecular weight is 484 g/mol. The molecule has 0 unspecified atom stereocenters. The second kappa shape index (κ2) is 10.3. The Labute approximate surface area is 201 Å². The van der Waals surface area contributed by atoms with E-state index in [1.54, 1.807) is 23.4 Å². The van der Waals surface area contributed by atoms with E-state index in [-0.39, 0.29) is 5.69 Å². The van der Waals surface area contributed by atoms with Crippen LogP contribution in [-0.2, 0) is 13.1 Å². The number of nitrogens with zero attached hydrogens (tertiary/aromatic N) is 3. The zero-order chi connectivity index (χ0) is 23.4. The fourth-order valence-electron chi connectivity index (χ4n) is 3.46. The number of rotatable bonds is 9. The molecule has 0 aliphatic carbocycles. The van der Waals surface area contributed by atoms with Crippen molar-refractivity contribution in [1.29, 1.82) is 0 Å². The van der Waals surface area contributed by atoms with Gasteiger partial charge in [0.2, 0.25) is 0 Å². The summed E-state index contributed by atoms with van der Waals surface area (Å²) in [6, 6.07) is 13.6. The van der Waals surface area contributed by atoms with Gasteiger partial charge in [-0.15, -0.1) is 0 Å². The van der Waals surface area contributed by atoms with E-state index >= 15 is 0 Å². The van der Waals surface area contributed by atoms with Crippen molar-refractivity contribution in [2.24, 2.45) is 0 Å². The van der Waals surface area contributed by atoms with Gasteiger partial charge in [-0.05, 0) is 48.2 Å². The van der Waals surface area contributed by atoms with Crippen LogP contribution in [0.25, 0.3) is 11.2 Å². The lowest BCUT2D eigenvalue weighted by Crippen LogP contribution is -2.17. The normalized spacial score (nSPS) is 11.2. The third-order valence-electron chi connectivity index (χ3n) is 5.22. The van der Waals surface area contributed by atoms with Gasteiger partial charge in [0.15, 0.2) is 16.6 Å². The quantitative estimate of drug-likeness (QED) is 0.250. The van der Waals surface area contributed by atoms with E-state index in [9.17, 15) is 4.79 Å². The van der Waals surface area contributed by atoms with Crippen molar-refractivity contribution >= 4 is 40.3 Å². The predicted octanol–water partition coefficient (Wildman–Crippen LogP) is 5.25. The van der Waals surface area contributed by atoms with Crippen molar-refractivity contribution in [2.45, 2.75) is 38.5 Å². The summed E-state index contributed by atoms with van der Waals surface area (Å²) in [6.45, 7) is 5.01. The molecule has 0 saturated carbocycles. The maximum atomic E-state index is 12.9. The third kappa shape index (κ3) is 5.34. The minimum Gasteiger partial charge on any atom is -0.497 e. The molecule has 7 nitrogen and oxygen atoms in total. The summed E-state index contributed by atoms with van der Waals surface area (Å²) in [5, 5.41) is 4.72. The minimum atomic E-state index is -0.225. The number of halogens is 1. The number of aromatic nitrogens is 4. The van der Waals surface area contributed by atoms with Gasteiger partial charge in [0.1, 0.15) is 11.3 Å². The summed E-state index contributed by atoms with van der Waals surface area (Å²) in [5.41, 5.74) is 3.98. The molecule has 0 spiro atoms. The van der Waals surface area contributed by atoms with Gasteiger partial charge in [0.25, 0.3) is 0 Å². The van der Waals surface area contributed by atoms with Gasteiger partial charge in [-0.25, -0.2) is 14.8 Å². The lowest BCUT2D eigenvalue weighted by atomic mass is 10.1. The zero-order valence-electron chi connectivity index (χ0n) is 18.8. The third-order valence-corrected chi connectivity index (χ3v) is 6.70. The molecule has 2 aromatic carbocycles. The molecule has 2 heterocycles. The Kier molecular flexibility index (Phi) is 7.25. The highest BCUT2D eigenvalue weighted by atomic mass is 35.5. The van der Waals surface area contributed by atoms with Crippen LogP contribution in [0.5, 0.6) is 5.75 Å². The summed E-state index contributed by atoms with van der Waals surface area (Å²) < 4.78 is 6.87. The van der Waals surface area contributed by atoms with Crippen LogP contribution in [0.2, 0.25) is 5.02 Å². The van der Waals surface area contributed by atoms with Gasteiger partial charge in [0.05, 0.1) is 13.7 Å². The van der Waals surface area contributed by atoms with E-state index < -0.39 is 0 Å². The van der Waals surface area contributed by atoms with Crippen LogP contribution in [0.15, 0.2) is 52.4 Å². The summed E-state index contributed by atoms with van der Waals surface area (Å²) in [5.74, 6) is 2.31. The molecule has 172 valence electrons. The maximum Gasteiger partial charge on any atom is 0.328 e. The molecular weight excluding hydrogens is 458 g/mol. The molecule has 2 aromatic heterocycles. The van der Waals surface area contributed by atoms with Crippen molar-refractivity contribution < 1.29 is 4.74 Å². The average Bonchev–Trinajstić information content (AvgIpc) is 3.14. The van der Waals surface area contributed by atoms with E-state index in [4.69, 9.17) is 21.3 Å². The van der Waals surface area contributed by atoms with Crippen LogP contribution >= 0.6 is 23.4 Å². The molecule has 4 aromatic rings. The maximum absolute atomic E-state index is 12.9. The first-order chi connectivity index (χ1) is 16.0. The summed E-state index contributed by atoms with van der Waals surface area (Å²) in [7, 11) is 1.65. The van der Waals surface area contributed by atoms with Gasteiger partial charge in [-0.3, -0.25) is 4.57 Å². The van der Waals surface area contributed by atoms with Crippen LogP contribution in [0.1, 0.15) is 30.0 Å². The minimum absolute atomic E-state index is 0.225. The molecule has 0 bridgehead atoms. The number of imidazole rings is 1. The molecule has 0 saturated heterocycles. The molecule has 33 heavy (non-hydrogen) atoms. The molecular formula is C24H26ClN5O2S. The highest BCUT2D eigenvalue weighted by Crippen LogP contribution is 2.25. The van der Waals surface area contributed by atoms with Crippen LogP contribution in [0.3, 0.4) is 0 Å². The number of H-pyrrole nitrogens is 1. The van der Waals surface area contributed by atoms with Crippen LogP contribution in [0.4, 0.5) is 5.82 Å². The molecule has 4 rings (SSSR count). The number of ether oxygens (including phenoxy) is 1. The van der Waals surface area contributed by atoms with Crippen molar-refractivity contribution in [3.63, 3.8) is 0 Å². The Bertz CT molecular complexity index is 1320. The molecule has 0 radical (unpaired) electrons. The van der Waals surface area contributed by atoms with E-state index in [2.05, 4.69) is 22.2 Å². The molecule has 0 fully saturated rings. The van der Waals surface area contributed by atoms with Crippen molar-refractivity contribution in [1.82, 2.24) is 19.5 Å². The first kappa shape index (κ1) is 23.2. The molecule has 0 atom stereocenters. The Hall–Kier alpha value is -2.97. The predicted molar refractivity (Wildman–Crippen MR) is 135 cm³/mol. The topological polar surface area (TPSA) is 84.8 Å². The van der Waals surface area contributed by atoms with Gasteiger partial charge in [0, 0.05) is 17.3 Å². The second-order valence-corrected chi connectivity index (χ2v) is 9.17. The number of aromatic amines is 1. The van der Waals surface area contributed by atoms with Crippen molar-refractivity contribution in [3.05, 3.63) is 74.7 Å². The standard InChI is InChI=1S/C24H26ClN5O2S/c1-4-11-33-23-28-21(26-13-16-5-8-18(32-3)9-6-16)20-22(29-23)30(24(31)27-20)14-17-7-10-19(25)15(2)12-17/h5-10,12H,4,11,13-14H2,1-3H3,(H,27,31)(H,26,28,29).